The molecule has 1 aromatic heterocycles. The maximum Gasteiger partial charge on any atom is 0.239 e. The lowest BCUT2D eigenvalue weighted by Crippen LogP contribution is -2.33. The van der Waals surface area contributed by atoms with E-state index in [2.05, 4.69) is 26.2 Å². The minimum absolute atomic E-state index is 0.0709. The van der Waals surface area contributed by atoms with E-state index in [1.165, 1.54) is 0 Å². The van der Waals surface area contributed by atoms with Crippen LogP contribution in [0.3, 0.4) is 0 Å². The lowest BCUT2D eigenvalue weighted by atomic mass is 10.2. The average molecular weight is 284 g/mol. The lowest BCUT2D eigenvalue weighted by molar-refractivity contribution is -0.119. The van der Waals surface area contributed by atoms with E-state index in [0.29, 0.717) is 6.54 Å². The standard InChI is InChI=1S/C11H14BrN3O/c1-8-5-9(12)6-14-11(8)15-4-2-3-13-10(16)7-15/h5-6H,2-4,7H2,1H3,(H,13,16). The van der Waals surface area contributed by atoms with Gasteiger partial charge in [-0.25, -0.2) is 4.98 Å². The van der Waals surface area contributed by atoms with Crippen LogP contribution in [0.2, 0.25) is 0 Å². The first-order valence-corrected chi connectivity index (χ1v) is 6.10. The van der Waals surface area contributed by atoms with Gasteiger partial charge in [-0.05, 0) is 40.9 Å². The summed E-state index contributed by atoms with van der Waals surface area (Å²) in [6.45, 7) is 4.03. The molecule has 1 aromatic rings. The predicted octanol–water partition coefficient (Wildman–Crippen LogP) is 1.48. The van der Waals surface area contributed by atoms with Gasteiger partial charge in [-0.3, -0.25) is 4.79 Å². The first-order chi connectivity index (χ1) is 7.66. The Morgan fingerprint density at radius 1 is 1.56 bits per heavy atom. The molecule has 0 bridgehead atoms. The highest BCUT2D eigenvalue weighted by atomic mass is 79.9. The molecule has 5 heteroatoms. The minimum Gasteiger partial charge on any atom is -0.354 e. The van der Waals surface area contributed by atoms with Crippen LogP contribution in [0.5, 0.6) is 0 Å². The number of nitrogens with zero attached hydrogens (tertiary/aromatic N) is 2. The molecule has 0 unspecified atom stereocenters. The summed E-state index contributed by atoms with van der Waals surface area (Å²) in [5, 5.41) is 2.86. The van der Waals surface area contributed by atoms with Crippen molar-refractivity contribution < 1.29 is 4.79 Å². The van der Waals surface area contributed by atoms with Gasteiger partial charge >= 0.3 is 0 Å². The fourth-order valence-corrected chi connectivity index (χ4v) is 2.30. The van der Waals surface area contributed by atoms with Crippen molar-refractivity contribution in [1.82, 2.24) is 10.3 Å². The van der Waals surface area contributed by atoms with Crippen LogP contribution in [0.15, 0.2) is 16.7 Å². The molecule has 1 saturated heterocycles. The Balaban J connectivity index is 2.24. The molecule has 4 nitrogen and oxygen atoms in total. The van der Waals surface area contributed by atoms with E-state index in [1.807, 2.05) is 17.9 Å². The summed E-state index contributed by atoms with van der Waals surface area (Å²) in [5.41, 5.74) is 1.09. The van der Waals surface area contributed by atoms with Gasteiger partial charge in [0.2, 0.25) is 5.91 Å². The SMILES string of the molecule is Cc1cc(Br)cnc1N1CCCNC(=O)C1. The van der Waals surface area contributed by atoms with Gasteiger partial charge in [-0.2, -0.15) is 0 Å². The molecule has 1 fully saturated rings. The van der Waals surface area contributed by atoms with Crippen molar-refractivity contribution >= 4 is 27.7 Å². The quantitative estimate of drug-likeness (QED) is 0.849. The number of hydrogen-bond donors (Lipinski definition) is 1. The first-order valence-electron chi connectivity index (χ1n) is 5.30. The topological polar surface area (TPSA) is 45.2 Å². The molecule has 0 saturated carbocycles. The summed E-state index contributed by atoms with van der Waals surface area (Å²) in [4.78, 5) is 17.9. The van der Waals surface area contributed by atoms with Gasteiger partial charge in [-0.1, -0.05) is 0 Å². The highest BCUT2D eigenvalue weighted by molar-refractivity contribution is 9.10. The van der Waals surface area contributed by atoms with Crippen molar-refractivity contribution in [2.45, 2.75) is 13.3 Å². The number of aryl methyl sites for hydroxylation is 1. The summed E-state index contributed by atoms with van der Waals surface area (Å²) >= 11 is 3.39. The zero-order chi connectivity index (χ0) is 11.5. The molecule has 1 N–H and O–H groups in total. The predicted molar refractivity (Wildman–Crippen MR) is 66.5 cm³/mol. The number of hydrogen-bond acceptors (Lipinski definition) is 3. The smallest absolute Gasteiger partial charge is 0.239 e. The third-order valence-electron chi connectivity index (χ3n) is 2.58. The third kappa shape index (κ3) is 2.52. The maximum atomic E-state index is 11.5. The highest BCUT2D eigenvalue weighted by Crippen LogP contribution is 2.21. The second-order valence-electron chi connectivity index (χ2n) is 3.92. The van der Waals surface area contributed by atoms with E-state index in [4.69, 9.17) is 0 Å². The van der Waals surface area contributed by atoms with Crippen LogP contribution in [0.25, 0.3) is 0 Å². The Kier molecular flexibility index (Phi) is 3.43. The van der Waals surface area contributed by atoms with Gasteiger partial charge in [0.1, 0.15) is 5.82 Å². The van der Waals surface area contributed by atoms with Crippen molar-refractivity contribution in [3.8, 4) is 0 Å². The molecule has 1 aliphatic heterocycles. The van der Waals surface area contributed by atoms with E-state index in [0.717, 1.165) is 35.4 Å². The number of aromatic nitrogens is 1. The third-order valence-corrected chi connectivity index (χ3v) is 3.01. The average Bonchev–Trinajstić information content (AvgIpc) is 2.43. The largest absolute Gasteiger partial charge is 0.354 e. The van der Waals surface area contributed by atoms with E-state index in [-0.39, 0.29) is 5.91 Å². The molecule has 0 spiro atoms. The van der Waals surface area contributed by atoms with Gasteiger partial charge in [0.05, 0.1) is 6.54 Å². The summed E-state index contributed by atoms with van der Waals surface area (Å²) in [5.74, 6) is 0.974. The fourth-order valence-electron chi connectivity index (χ4n) is 1.85. The Hall–Kier alpha value is -1.10. The summed E-state index contributed by atoms with van der Waals surface area (Å²) in [6.07, 6.45) is 2.73. The number of rotatable bonds is 1. The van der Waals surface area contributed by atoms with Crippen molar-refractivity contribution in [1.29, 1.82) is 0 Å². The van der Waals surface area contributed by atoms with Crippen LogP contribution in [-0.2, 0) is 4.79 Å². The summed E-state index contributed by atoms with van der Waals surface area (Å²) in [7, 11) is 0. The van der Waals surface area contributed by atoms with Crippen molar-refractivity contribution in [3.63, 3.8) is 0 Å². The minimum atomic E-state index is 0.0709. The first kappa shape index (κ1) is 11.4. The molecule has 1 aliphatic rings. The fraction of sp³-hybridized carbons (Fsp3) is 0.455. The van der Waals surface area contributed by atoms with E-state index >= 15 is 0 Å². The molecule has 86 valence electrons. The van der Waals surface area contributed by atoms with Gasteiger partial charge < -0.3 is 10.2 Å². The number of nitrogens with one attached hydrogen (secondary N) is 1. The van der Waals surface area contributed by atoms with Crippen LogP contribution < -0.4 is 10.2 Å². The Morgan fingerprint density at radius 2 is 2.38 bits per heavy atom. The van der Waals surface area contributed by atoms with E-state index < -0.39 is 0 Å². The van der Waals surface area contributed by atoms with Gasteiger partial charge in [0.25, 0.3) is 0 Å². The molecule has 1 amide bonds. The Morgan fingerprint density at radius 3 is 3.12 bits per heavy atom. The molecule has 0 radical (unpaired) electrons. The number of carbonyl (C=O) groups excluding carboxylic acids is 1. The van der Waals surface area contributed by atoms with Crippen LogP contribution in [0.1, 0.15) is 12.0 Å². The highest BCUT2D eigenvalue weighted by Gasteiger charge is 2.17. The van der Waals surface area contributed by atoms with Gasteiger partial charge in [-0.15, -0.1) is 0 Å². The second kappa shape index (κ2) is 4.82. The second-order valence-corrected chi connectivity index (χ2v) is 4.83. The Bertz CT molecular complexity index is 408. The molecule has 16 heavy (non-hydrogen) atoms. The van der Waals surface area contributed by atoms with Crippen LogP contribution in [-0.4, -0.2) is 30.5 Å². The Labute approximate surface area is 103 Å². The van der Waals surface area contributed by atoms with Crippen LogP contribution in [0, 0.1) is 6.92 Å². The maximum absolute atomic E-state index is 11.5. The van der Waals surface area contributed by atoms with Crippen LogP contribution >= 0.6 is 15.9 Å². The number of amides is 1. The van der Waals surface area contributed by atoms with Crippen molar-refractivity contribution in [2.75, 3.05) is 24.5 Å². The molecule has 2 heterocycles. The van der Waals surface area contributed by atoms with E-state index in [9.17, 15) is 4.79 Å². The number of anilines is 1. The molecule has 2 rings (SSSR count). The van der Waals surface area contributed by atoms with Crippen LogP contribution in [0.4, 0.5) is 5.82 Å². The summed E-state index contributed by atoms with van der Waals surface area (Å²) < 4.78 is 0.966. The molecule has 0 aromatic carbocycles. The zero-order valence-corrected chi connectivity index (χ0v) is 10.7. The van der Waals surface area contributed by atoms with E-state index in [1.54, 1.807) is 6.20 Å². The molecular weight excluding hydrogens is 270 g/mol. The van der Waals surface area contributed by atoms with Crippen molar-refractivity contribution in [3.05, 3.63) is 22.3 Å². The normalized spacial score (nSPS) is 16.9. The zero-order valence-electron chi connectivity index (χ0n) is 9.16. The van der Waals surface area contributed by atoms with Gasteiger partial charge in [0.15, 0.2) is 0 Å². The van der Waals surface area contributed by atoms with Crippen molar-refractivity contribution in [2.24, 2.45) is 0 Å². The molecular formula is C11H14BrN3O. The number of halogens is 1. The summed E-state index contributed by atoms with van der Waals surface area (Å²) in [6, 6.07) is 2.02. The lowest BCUT2D eigenvalue weighted by Gasteiger charge is -2.21. The number of pyridine rings is 1. The molecule has 0 atom stereocenters. The number of carbonyl (C=O) groups is 1. The van der Waals surface area contributed by atoms with Gasteiger partial charge in [0, 0.05) is 23.8 Å². The monoisotopic (exact) mass is 283 g/mol. The molecule has 0 aliphatic carbocycles.